The number of aliphatic carboxylic acids is 1. The minimum atomic E-state index is -0.799. The first-order valence-corrected chi connectivity index (χ1v) is 7.18. The summed E-state index contributed by atoms with van der Waals surface area (Å²) in [6.45, 7) is 0. The number of hydrogen-bond donors (Lipinski definition) is 2. The fourth-order valence-corrected chi connectivity index (χ4v) is 3.06. The fourth-order valence-electron chi connectivity index (χ4n) is 2.42. The molecule has 1 fully saturated rings. The highest BCUT2D eigenvalue weighted by Crippen LogP contribution is 2.24. The molecule has 0 radical (unpaired) electrons. The van der Waals surface area contributed by atoms with Crippen molar-refractivity contribution in [3.8, 4) is 0 Å². The van der Waals surface area contributed by atoms with E-state index in [0.29, 0.717) is 12.0 Å². The maximum absolute atomic E-state index is 12.0. The molecule has 0 aromatic carbocycles. The molecule has 1 aromatic rings. The minimum Gasteiger partial charge on any atom is -0.481 e. The average Bonchev–Trinajstić information content (AvgIpc) is 2.77. The van der Waals surface area contributed by atoms with Gasteiger partial charge in [0, 0.05) is 17.0 Å². The molecule has 2 rings (SSSR count). The second-order valence-electron chi connectivity index (χ2n) is 4.67. The summed E-state index contributed by atoms with van der Waals surface area (Å²) in [6.07, 6.45) is 4.38. The topological polar surface area (TPSA) is 66.4 Å². The Labute approximate surface area is 110 Å². The maximum atomic E-state index is 12.0. The molecule has 2 N–H and O–H groups in total. The van der Waals surface area contributed by atoms with Crippen LogP contribution in [0.4, 0.5) is 0 Å². The molecule has 1 heterocycles. The van der Waals surface area contributed by atoms with E-state index in [1.165, 1.54) is 11.3 Å². The molecule has 0 aliphatic heterocycles. The average molecular weight is 267 g/mol. The van der Waals surface area contributed by atoms with Crippen molar-refractivity contribution in [2.75, 3.05) is 0 Å². The largest absolute Gasteiger partial charge is 0.481 e. The van der Waals surface area contributed by atoms with Gasteiger partial charge in [0.1, 0.15) is 0 Å². The maximum Gasteiger partial charge on any atom is 0.308 e. The molecule has 0 saturated heterocycles. The number of thiophene rings is 1. The van der Waals surface area contributed by atoms with E-state index in [1.54, 1.807) is 11.4 Å². The van der Waals surface area contributed by atoms with Crippen molar-refractivity contribution in [3.63, 3.8) is 0 Å². The zero-order valence-corrected chi connectivity index (χ0v) is 10.9. The Bertz CT molecular complexity index is 416. The smallest absolute Gasteiger partial charge is 0.308 e. The monoisotopic (exact) mass is 267 g/mol. The van der Waals surface area contributed by atoms with Crippen LogP contribution in [0.3, 0.4) is 0 Å². The first kappa shape index (κ1) is 13.1. The molecule has 1 aromatic heterocycles. The summed E-state index contributed by atoms with van der Waals surface area (Å²) in [5.41, 5.74) is 0.619. The molecule has 0 spiro atoms. The third-order valence-electron chi connectivity index (χ3n) is 3.43. The van der Waals surface area contributed by atoms with E-state index in [2.05, 4.69) is 5.32 Å². The Morgan fingerprint density at radius 3 is 2.72 bits per heavy atom. The van der Waals surface area contributed by atoms with E-state index >= 15 is 0 Å². The normalized spacial score (nSPS) is 24.2. The van der Waals surface area contributed by atoms with Crippen molar-refractivity contribution in [2.45, 2.75) is 38.1 Å². The van der Waals surface area contributed by atoms with Gasteiger partial charge in [-0.15, -0.1) is 0 Å². The summed E-state index contributed by atoms with van der Waals surface area (Å²) in [5, 5.41) is 15.7. The molecule has 5 heteroatoms. The first-order valence-electron chi connectivity index (χ1n) is 6.24. The molecule has 4 nitrogen and oxygen atoms in total. The summed E-state index contributed by atoms with van der Waals surface area (Å²) in [6, 6.07) is 1.52. The molecule has 0 unspecified atom stereocenters. The Morgan fingerprint density at radius 2 is 2.06 bits per heavy atom. The second kappa shape index (κ2) is 6.00. The van der Waals surface area contributed by atoms with Gasteiger partial charge in [-0.3, -0.25) is 9.59 Å². The zero-order valence-electron chi connectivity index (χ0n) is 10.1. The van der Waals surface area contributed by atoms with Gasteiger partial charge < -0.3 is 10.4 Å². The third kappa shape index (κ3) is 3.10. The Kier molecular flexibility index (Phi) is 4.36. The van der Waals surface area contributed by atoms with Crippen LogP contribution in [0.1, 0.15) is 42.5 Å². The lowest BCUT2D eigenvalue weighted by atomic mass is 9.94. The Morgan fingerprint density at radius 1 is 1.28 bits per heavy atom. The van der Waals surface area contributed by atoms with Crippen LogP contribution in [0.5, 0.6) is 0 Å². The molecule has 0 bridgehead atoms. The Balaban J connectivity index is 2.04. The lowest BCUT2D eigenvalue weighted by molar-refractivity contribution is -0.142. The van der Waals surface area contributed by atoms with E-state index in [0.717, 1.165) is 25.7 Å². The van der Waals surface area contributed by atoms with Gasteiger partial charge in [0.15, 0.2) is 0 Å². The molecule has 1 aliphatic rings. The number of carbonyl (C=O) groups is 2. The predicted molar refractivity (Wildman–Crippen MR) is 69.8 cm³/mol. The molecule has 2 atom stereocenters. The van der Waals surface area contributed by atoms with Gasteiger partial charge in [-0.05, 0) is 24.3 Å². The molecule has 1 amide bonds. The second-order valence-corrected chi connectivity index (χ2v) is 5.45. The zero-order chi connectivity index (χ0) is 13.0. The van der Waals surface area contributed by atoms with Gasteiger partial charge in [0.25, 0.3) is 5.91 Å². The summed E-state index contributed by atoms with van der Waals surface area (Å²) < 4.78 is 0. The van der Waals surface area contributed by atoms with Crippen LogP contribution < -0.4 is 5.32 Å². The van der Waals surface area contributed by atoms with Crippen LogP contribution >= 0.6 is 11.3 Å². The lowest BCUT2D eigenvalue weighted by Gasteiger charge is -2.22. The lowest BCUT2D eigenvalue weighted by Crippen LogP contribution is -2.42. The standard InChI is InChI=1S/C13H17NO3S/c15-12(9-6-7-18-8-9)14-11-5-3-1-2-4-10(11)13(16)17/h6-8,10-11H,1-5H2,(H,14,15)(H,16,17)/t10-,11+/m0/s1. The van der Waals surface area contributed by atoms with Crippen LogP contribution in [0.15, 0.2) is 16.8 Å². The van der Waals surface area contributed by atoms with E-state index in [-0.39, 0.29) is 11.9 Å². The molecule has 1 saturated carbocycles. The van der Waals surface area contributed by atoms with Crippen LogP contribution in [0.25, 0.3) is 0 Å². The Hall–Kier alpha value is -1.36. The van der Waals surface area contributed by atoms with Crippen LogP contribution in [-0.2, 0) is 4.79 Å². The van der Waals surface area contributed by atoms with Gasteiger partial charge in [0.2, 0.25) is 0 Å². The highest BCUT2D eigenvalue weighted by molar-refractivity contribution is 7.08. The number of amides is 1. The van der Waals surface area contributed by atoms with Gasteiger partial charge in [-0.1, -0.05) is 19.3 Å². The number of nitrogens with one attached hydrogen (secondary N) is 1. The first-order chi connectivity index (χ1) is 8.68. The molecule has 18 heavy (non-hydrogen) atoms. The van der Waals surface area contributed by atoms with Crippen LogP contribution in [-0.4, -0.2) is 23.0 Å². The summed E-state index contributed by atoms with van der Waals surface area (Å²) in [4.78, 5) is 23.2. The highest BCUT2D eigenvalue weighted by Gasteiger charge is 2.30. The van der Waals surface area contributed by atoms with E-state index in [4.69, 9.17) is 0 Å². The van der Waals surface area contributed by atoms with Crippen molar-refractivity contribution in [3.05, 3.63) is 22.4 Å². The van der Waals surface area contributed by atoms with Crippen molar-refractivity contribution in [2.24, 2.45) is 5.92 Å². The van der Waals surface area contributed by atoms with Crippen LogP contribution in [0, 0.1) is 5.92 Å². The number of carbonyl (C=O) groups excluding carboxylic acids is 1. The molecular weight excluding hydrogens is 250 g/mol. The minimum absolute atomic E-state index is 0.158. The van der Waals surface area contributed by atoms with Crippen molar-refractivity contribution < 1.29 is 14.7 Å². The van der Waals surface area contributed by atoms with E-state index < -0.39 is 11.9 Å². The molecule has 1 aliphatic carbocycles. The number of carboxylic acids is 1. The third-order valence-corrected chi connectivity index (χ3v) is 4.12. The molecular formula is C13H17NO3S. The predicted octanol–water partition coefficient (Wildman–Crippen LogP) is 2.51. The summed E-state index contributed by atoms with van der Waals surface area (Å²) in [7, 11) is 0. The van der Waals surface area contributed by atoms with Gasteiger partial charge in [-0.25, -0.2) is 0 Å². The van der Waals surface area contributed by atoms with Crippen molar-refractivity contribution >= 4 is 23.2 Å². The molecule has 98 valence electrons. The number of rotatable bonds is 3. The quantitative estimate of drug-likeness (QED) is 0.827. The van der Waals surface area contributed by atoms with Gasteiger partial charge in [0.05, 0.1) is 5.92 Å². The van der Waals surface area contributed by atoms with Gasteiger partial charge >= 0.3 is 5.97 Å². The fraction of sp³-hybridized carbons (Fsp3) is 0.538. The highest BCUT2D eigenvalue weighted by atomic mass is 32.1. The van der Waals surface area contributed by atoms with E-state index in [1.807, 2.05) is 5.38 Å². The van der Waals surface area contributed by atoms with Crippen LogP contribution in [0.2, 0.25) is 0 Å². The van der Waals surface area contributed by atoms with Crippen molar-refractivity contribution in [1.82, 2.24) is 5.32 Å². The summed E-state index contributed by atoms with van der Waals surface area (Å²) in [5.74, 6) is -1.41. The number of hydrogen-bond acceptors (Lipinski definition) is 3. The van der Waals surface area contributed by atoms with Gasteiger partial charge in [-0.2, -0.15) is 11.3 Å². The summed E-state index contributed by atoms with van der Waals surface area (Å²) >= 11 is 1.46. The number of carboxylic acid groups (broad SMARTS) is 1. The van der Waals surface area contributed by atoms with Crippen molar-refractivity contribution in [1.29, 1.82) is 0 Å². The van der Waals surface area contributed by atoms with E-state index in [9.17, 15) is 14.7 Å². The SMILES string of the molecule is O=C(N[C@@H]1CCCCC[C@@H]1C(=O)O)c1ccsc1.